The molecule has 0 atom stereocenters. The van der Waals surface area contributed by atoms with E-state index in [1.165, 1.54) is 0 Å². The van der Waals surface area contributed by atoms with Crippen LogP contribution in [0.15, 0.2) is 84.9 Å². The number of hydrogen-bond acceptors (Lipinski definition) is 6. The second-order valence-electron chi connectivity index (χ2n) is 12.5. The first-order chi connectivity index (χ1) is 22.3. The first kappa shape index (κ1) is 30.2. The Kier molecular flexibility index (Phi) is 7.66. The van der Waals surface area contributed by atoms with Gasteiger partial charge in [0.15, 0.2) is 0 Å². The highest BCUT2D eigenvalue weighted by atomic mass is 16.3. The molecule has 0 unspecified atom stereocenters. The minimum absolute atomic E-state index is 0.0215. The molecular weight excluding hydrogens is 572 g/mol. The van der Waals surface area contributed by atoms with E-state index in [2.05, 4.69) is 61.8 Å². The summed E-state index contributed by atoms with van der Waals surface area (Å²) < 4.78 is 0. The molecule has 0 spiro atoms. The van der Waals surface area contributed by atoms with Crippen molar-refractivity contribution in [1.29, 1.82) is 0 Å². The Labute approximate surface area is 269 Å². The molecule has 236 valence electrons. The van der Waals surface area contributed by atoms with Gasteiger partial charge in [-0.1, -0.05) is 48.5 Å². The van der Waals surface area contributed by atoms with Crippen molar-refractivity contribution >= 4 is 54.5 Å². The predicted molar refractivity (Wildman–Crippen MR) is 186 cm³/mol. The minimum atomic E-state index is -1.35. The van der Waals surface area contributed by atoms with E-state index in [0.29, 0.717) is 11.1 Å². The predicted octanol–water partition coefficient (Wildman–Crippen LogP) is 6.74. The van der Waals surface area contributed by atoms with Gasteiger partial charge in [0.1, 0.15) is 11.5 Å². The van der Waals surface area contributed by atoms with Crippen LogP contribution < -0.4 is 20.0 Å². The molecule has 1 saturated carbocycles. The number of fused-ring (bicyclic) bond motifs is 4. The molecule has 0 heterocycles. The summed E-state index contributed by atoms with van der Waals surface area (Å²) >= 11 is 0. The smallest absolute Gasteiger partial charge is 0.121 e. The van der Waals surface area contributed by atoms with E-state index in [4.69, 9.17) is 0 Å². The highest BCUT2D eigenvalue weighted by Crippen LogP contribution is 2.55. The minimum Gasteiger partial charge on any atom is -0.851 e. The molecule has 1 fully saturated rings. The second kappa shape index (κ2) is 11.7. The lowest BCUT2D eigenvalue weighted by molar-refractivity contribution is -0.535. The highest BCUT2D eigenvalue weighted by Gasteiger charge is 2.43. The number of aromatic hydroxyl groups is 2. The fourth-order valence-corrected chi connectivity index (χ4v) is 7.88. The fraction of sp³-hybridized carbons (Fsp3) is 0.300. The van der Waals surface area contributed by atoms with Crippen molar-refractivity contribution in [2.75, 3.05) is 36.0 Å². The third kappa shape index (κ3) is 4.54. The van der Waals surface area contributed by atoms with Crippen molar-refractivity contribution in [3.8, 4) is 11.5 Å². The van der Waals surface area contributed by atoms with E-state index in [1.54, 1.807) is 12.1 Å². The number of benzene rings is 6. The van der Waals surface area contributed by atoms with E-state index in [0.717, 1.165) is 80.6 Å². The van der Waals surface area contributed by atoms with Crippen LogP contribution in [0.2, 0.25) is 0 Å². The van der Waals surface area contributed by atoms with Gasteiger partial charge in [-0.3, -0.25) is 0 Å². The zero-order valence-corrected chi connectivity index (χ0v) is 26.8. The maximum absolute atomic E-state index is 14.4. The SMILES string of the molecule is CCN(CC)c1cc(O)c(C2C([O-])C(c3c(O)cc(N(CC)CC)c4cc5ccccc5cc34)C2[O-])c2cc3ccccc3cc12. The molecule has 0 aliphatic heterocycles. The van der Waals surface area contributed by atoms with Crippen LogP contribution in [-0.4, -0.2) is 48.6 Å². The Balaban J connectivity index is 1.41. The topological polar surface area (TPSA) is 93.1 Å². The molecule has 0 saturated heterocycles. The maximum atomic E-state index is 14.4. The largest absolute Gasteiger partial charge is 0.851 e. The second-order valence-corrected chi connectivity index (χ2v) is 12.5. The summed E-state index contributed by atoms with van der Waals surface area (Å²) in [5.41, 5.74) is 2.61. The Morgan fingerprint density at radius 1 is 0.500 bits per heavy atom. The van der Waals surface area contributed by atoms with Gasteiger partial charge in [0.05, 0.1) is 0 Å². The van der Waals surface area contributed by atoms with Crippen LogP contribution in [0.4, 0.5) is 11.4 Å². The molecule has 0 bridgehead atoms. The van der Waals surface area contributed by atoms with Gasteiger partial charge in [0.25, 0.3) is 0 Å². The summed E-state index contributed by atoms with van der Waals surface area (Å²) in [6.07, 6.45) is -2.69. The average molecular weight is 613 g/mol. The van der Waals surface area contributed by atoms with Crippen LogP contribution >= 0.6 is 0 Å². The number of rotatable bonds is 8. The lowest BCUT2D eigenvalue weighted by atomic mass is 9.61. The number of hydrogen-bond donors (Lipinski definition) is 2. The van der Waals surface area contributed by atoms with Crippen LogP contribution in [0.5, 0.6) is 11.5 Å². The van der Waals surface area contributed by atoms with E-state index >= 15 is 0 Å². The molecule has 1 aliphatic carbocycles. The lowest BCUT2D eigenvalue weighted by Crippen LogP contribution is -2.63. The summed E-state index contributed by atoms with van der Waals surface area (Å²) in [5.74, 6) is -1.97. The summed E-state index contributed by atoms with van der Waals surface area (Å²) in [6.45, 7) is 11.3. The molecule has 46 heavy (non-hydrogen) atoms. The molecule has 7 rings (SSSR count). The first-order valence-electron chi connectivity index (χ1n) is 16.5. The summed E-state index contributed by atoms with van der Waals surface area (Å²) in [5, 5.41) is 59.3. The first-order valence-corrected chi connectivity index (χ1v) is 16.5. The van der Waals surface area contributed by atoms with E-state index < -0.39 is 24.0 Å². The van der Waals surface area contributed by atoms with Gasteiger partial charge in [-0.05, 0) is 96.1 Å². The zero-order valence-electron chi connectivity index (χ0n) is 26.8. The van der Waals surface area contributed by atoms with Crippen LogP contribution in [-0.2, 0) is 0 Å². The van der Waals surface area contributed by atoms with Crippen molar-refractivity contribution in [3.63, 3.8) is 0 Å². The normalized spacial score (nSPS) is 19.6. The van der Waals surface area contributed by atoms with E-state index in [-0.39, 0.29) is 11.5 Å². The molecule has 6 aromatic rings. The number of phenolic OH excluding ortho intramolecular Hbond substituents is 2. The van der Waals surface area contributed by atoms with Gasteiger partial charge in [-0.15, -0.1) is 12.2 Å². The quantitative estimate of drug-likeness (QED) is 0.185. The highest BCUT2D eigenvalue weighted by molar-refractivity contribution is 6.08. The number of anilines is 2. The Morgan fingerprint density at radius 2 is 0.804 bits per heavy atom. The number of nitrogens with zero attached hydrogens (tertiary/aromatic N) is 2. The molecule has 6 heteroatoms. The lowest BCUT2D eigenvalue weighted by Gasteiger charge is -2.62. The molecule has 6 nitrogen and oxygen atoms in total. The molecule has 0 radical (unpaired) electrons. The number of phenols is 2. The van der Waals surface area contributed by atoms with E-state index in [1.807, 2.05) is 48.5 Å². The Hall–Kier alpha value is -4.52. The molecule has 0 amide bonds. The zero-order chi connectivity index (χ0) is 32.3. The van der Waals surface area contributed by atoms with Gasteiger partial charge >= 0.3 is 0 Å². The summed E-state index contributed by atoms with van der Waals surface area (Å²) in [6, 6.07) is 27.7. The van der Waals surface area contributed by atoms with E-state index in [9.17, 15) is 20.4 Å². The molecule has 0 aromatic heterocycles. The molecule has 2 N–H and O–H groups in total. The van der Waals surface area contributed by atoms with Gasteiger partial charge in [-0.2, -0.15) is 0 Å². The standard InChI is InChI=1S/C40H40N2O4/c1-5-41(6-2)31-21-33(43)35(29-19-25-15-11-9-13-23(25)17-27(29)31)37-39(45)38(40(37)46)36-30-20-26-16-12-10-14-24(26)18-28(30)32(22-34(36)44)42(7-3)8-4/h9-22,37-40,43-44H,5-8H2,1-4H3/q-2. The van der Waals surface area contributed by atoms with Crippen molar-refractivity contribution in [3.05, 3.63) is 96.1 Å². The third-order valence-corrected chi connectivity index (χ3v) is 10.3. The molecule has 1 aliphatic rings. The van der Waals surface area contributed by atoms with Gasteiger partial charge in [0.2, 0.25) is 0 Å². The molecular formula is C40H40N2O4-2. The monoisotopic (exact) mass is 612 g/mol. The fourth-order valence-electron chi connectivity index (χ4n) is 7.88. The third-order valence-electron chi connectivity index (χ3n) is 10.3. The van der Waals surface area contributed by atoms with Gasteiger partial charge in [0, 0.05) is 71.6 Å². The molecule has 6 aromatic carbocycles. The maximum Gasteiger partial charge on any atom is 0.121 e. The van der Waals surface area contributed by atoms with Gasteiger partial charge < -0.3 is 30.2 Å². The van der Waals surface area contributed by atoms with Crippen molar-refractivity contribution in [2.45, 2.75) is 51.7 Å². The Morgan fingerprint density at radius 3 is 1.11 bits per heavy atom. The van der Waals surface area contributed by atoms with Crippen molar-refractivity contribution < 1.29 is 20.4 Å². The summed E-state index contributed by atoms with van der Waals surface area (Å²) in [7, 11) is 0. The summed E-state index contributed by atoms with van der Waals surface area (Å²) in [4.78, 5) is 4.36. The van der Waals surface area contributed by atoms with Crippen molar-refractivity contribution in [2.24, 2.45) is 0 Å². The average Bonchev–Trinajstić information content (AvgIpc) is 3.07. The van der Waals surface area contributed by atoms with Crippen molar-refractivity contribution in [1.82, 2.24) is 0 Å². The van der Waals surface area contributed by atoms with Gasteiger partial charge in [-0.25, -0.2) is 0 Å². The van der Waals surface area contributed by atoms with Crippen LogP contribution in [0.3, 0.4) is 0 Å². The Bertz CT molecular complexity index is 1940. The van der Waals surface area contributed by atoms with Crippen LogP contribution in [0.25, 0.3) is 43.1 Å². The van der Waals surface area contributed by atoms with Crippen LogP contribution in [0, 0.1) is 0 Å². The van der Waals surface area contributed by atoms with Crippen LogP contribution in [0.1, 0.15) is 50.7 Å².